The lowest BCUT2D eigenvalue weighted by atomic mass is 10.1. The molecule has 3 N–H and O–H groups in total. The summed E-state index contributed by atoms with van der Waals surface area (Å²) >= 11 is 1.23. The van der Waals surface area contributed by atoms with E-state index < -0.39 is 17.0 Å². The number of benzene rings is 1. The highest BCUT2D eigenvalue weighted by Gasteiger charge is 2.31. The number of nitrogens with one attached hydrogen (secondary N) is 1. The van der Waals surface area contributed by atoms with Crippen LogP contribution in [0.25, 0.3) is 22.3 Å². The van der Waals surface area contributed by atoms with Gasteiger partial charge < -0.3 is 10.7 Å². The Bertz CT molecular complexity index is 1520. The second-order valence-corrected chi connectivity index (χ2v) is 9.37. The van der Waals surface area contributed by atoms with E-state index in [-0.39, 0.29) is 23.2 Å². The smallest absolute Gasteiger partial charge is 0.332 e. The molecule has 3 heterocycles. The van der Waals surface area contributed by atoms with Crippen LogP contribution in [0, 0.1) is 0 Å². The number of carbonyl (C=O) groups excluding carboxylic acids is 1. The largest absolute Gasteiger partial charge is 0.384 e. The molecular formula is C23H25N7O3S. The molecule has 1 aromatic carbocycles. The number of hydrogen-bond acceptors (Lipinski definition) is 7. The van der Waals surface area contributed by atoms with E-state index in [0.29, 0.717) is 18.1 Å². The lowest BCUT2D eigenvalue weighted by Gasteiger charge is -2.14. The SMILES string of the molecule is CCCn1c(N)c(C(=O)CSc2nnc(-c3c[nH]c4ccccc34)n2C2CC2)c(=O)n(C)c1=O. The maximum Gasteiger partial charge on any atom is 0.332 e. The van der Waals surface area contributed by atoms with Gasteiger partial charge in [0.25, 0.3) is 5.56 Å². The molecule has 4 aromatic rings. The predicted octanol–water partition coefficient (Wildman–Crippen LogP) is 2.59. The monoisotopic (exact) mass is 479 g/mol. The molecule has 1 aliphatic rings. The first kappa shape index (κ1) is 22.2. The predicted molar refractivity (Wildman–Crippen MR) is 131 cm³/mol. The third kappa shape index (κ3) is 3.65. The van der Waals surface area contributed by atoms with Gasteiger partial charge in [0.2, 0.25) is 0 Å². The van der Waals surface area contributed by atoms with Crippen molar-refractivity contribution in [2.45, 2.75) is 43.9 Å². The highest BCUT2D eigenvalue weighted by atomic mass is 32.2. The van der Waals surface area contributed by atoms with Crippen LogP contribution in [0.15, 0.2) is 45.2 Å². The lowest BCUT2D eigenvalue weighted by Crippen LogP contribution is -2.42. The lowest BCUT2D eigenvalue weighted by molar-refractivity contribution is 0.102. The summed E-state index contributed by atoms with van der Waals surface area (Å²) in [4.78, 5) is 41.5. The maximum absolute atomic E-state index is 13.1. The Labute approximate surface area is 198 Å². The van der Waals surface area contributed by atoms with E-state index in [4.69, 9.17) is 5.73 Å². The van der Waals surface area contributed by atoms with Crippen molar-refractivity contribution in [3.05, 3.63) is 56.9 Å². The molecule has 11 heteroatoms. The van der Waals surface area contributed by atoms with Crippen molar-refractivity contribution >= 4 is 34.3 Å². The number of Topliss-reactive ketones (excluding diaryl/α,β-unsaturated/α-hetero) is 1. The van der Waals surface area contributed by atoms with Crippen LogP contribution in [0.1, 0.15) is 42.6 Å². The first-order chi connectivity index (χ1) is 16.4. The van der Waals surface area contributed by atoms with Crippen LogP contribution in [-0.4, -0.2) is 40.4 Å². The molecule has 10 nitrogen and oxygen atoms in total. The summed E-state index contributed by atoms with van der Waals surface area (Å²) in [6.45, 7) is 2.22. The van der Waals surface area contributed by atoms with E-state index in [1.165, 1.54) is 23.4 Å². The minimum Gasteiger partial charge on any atom is -0.384 e. The fraction of sp³-hybridized carbons (Fsp3) is 0.348. The first-order valence-corrected chi connectivity index (χ1v) is 12.2. The van der Waals surface area contributed by atoms with Crippen LogP contribution < -0.4 is 17.0 Å². The standard InChI is InChI=1S/C23H25N7O3S/c1-3-10-29-19(24)18(21(32)28(2)23(29)33)17(31)12-34-22-27-26-20(30(22)13-8-9-13)15-11-25-16-7-5-4-6-14(15)16/h4-7,11,13,25H,3,8-10,12,24H2,1-2H3. The molecule has 0 atom stereocenters. The Morgan fingerprint density at radius 2 is 2.00 bits per heavy atom. The van der Waals surface area contributed by atoms with Gasteiger partial charge in [0.15, 0.2) is 16.8 Å². The van der Waals surface area contributed by atoms with Gasteiger partial charge in [-0.1, -0.05) is 36.9 Å². The number of carbonyl (C=O) groups is 1. The maximum atomic E-state index is 13.1. The summed E-state index contributed by atoms with van der Waals surface area (Å²) in [7, 11) is 1.36. The number of anilines is 1. The van der Waals surface area contributed by atoms with Crippen LogP contribution in [0.3, 0.4) is 0 Å². The zero-order valence-electron chi connectivity index (χ0n) is 18.9. The van der Waals surface area contributed by atoms with Crippen LogP contribution in [0.4, 0.5) is 5.82 Å². The molecule has 0 bridgehead atoms. The third-order valence-electron chi connectivity index (χ3n) is 6.05. The van der Waals surface area contributed by atoms with E-state index in [0.717, 1.165) is 39.7 Å². The summed E-state index contributed by atoms with van der Waals surface area (Å²) in [6.07, 6.45) is 4.61. The number of nitrogen functional groups attached to an aromatic ring is 1. The summed E-state index contributed by atoms with van der Waals surface area (Å²) in [5, 5.41) is 10.5. The Kier molecular flexibility index (Phi) is 5.64. The number of fused-ring (bicyclic) bond motifs is 1. The van der Waals surface area contributed by atoms with Gasteiger partial charge in [-0.2, -0.15) is 0 Å². The minimum absolute atomic E-state index is 0.0392. The Hall–Kier alpha value is -3.60. The number of aromatic amines is 1. The van der Waals surface area contributed by atoms with Crippen LogP contribution in [0.5, 0.6) is 0 Å². The van der Waals surface area contributed by atoms with E-state index in [1.54, 1.807) is 0 Å². The van der Waals surface area contributed by atoms with E-state index in [1.807, 2.05) is 37.4 Å². The first-order valence-electron chi connectivity index (χ1n) is 11.2. The molecule has 0 amide bonds. The van der Waals surface area contributed by atoms with Crippen molar-refractivity contribution in [1.29, 1.82) is 0 Å². The number of hydrogen-bond donors (Lipinski definition) is 2. The molecule has 1 saturated carbocycles. The quantitative estimate of drug-likeness (QED) is 0.293. The number of H-pyrrole nitrogens is 1. The van der Waals surface area contributed by atoms with Crippen LogP contribution >= 0.6 is 11.8 Å². The van der Waals surface area contributed by atoms with Crippen molar-refractivity contribution in [3.8, 4) is 11.4 Å². The average molecular weight is 480 g/mol. The normalized spacial score (nSPS) is 13.6. The molecule has 5 rings (SSSR count). The number of nitrogens with zero attached hydrogens (tertiary/aromatic N) is 5. The van der Waals surface area contributed by atoms with Crippen molar-refractivity contribution < 1.29 is 4.79 Å². The van der Waals surface area contributed by atoms with Gasteiger partial charge in [0, 0.05) is 42.3 Å². The van der Waals surface area contributed by atoms with E-state index in [2.05, 4.69) is 19.7 Å². The van der Waals surface area contributed by atoms with Gasteiger partial charge in [-0.05, 0) is 25.3 Å². The summed E-state index contributed by atoms with van der Waals surface area (Å²) in [6, 6.07) is 8.27. The van der Waals surface area contributed by atoms with Crippen molar-refractivity contribution in [3.63, 3.8) is 0 Å². The van der Waals surface area contributed by atoms with Gasteiger partial charge in [0.1, 0.15) is 11.4 Å². The molecule has 0 radical (unpaired) electrons. The summed E-state index contributed by atoms with van der Waals surface area (Å²) in [5.74, 6) is 0.195. The highest BCUT2D eigenvalue weighted by molar-refractivity contribution is 7.99. The zero-order valence-corrected chi connectivity index (χ0v) is 19.8. The number of ketones is 1. The number of nitrogens with two attached hydrogens (primary N) is 1. The average Bonchev–Trinajstić information content (AvgIpc) is 3.44. The van der Waals surface area contributed by atoms with Gasteiger partial charge >= 0.3 is 5.69 Å². The molecular weight excluding hydrogens is 454 g/mol. The summed E-state index contributed by atoms with van der Waals surface area (Å²) < 4.78 is 4.29. The van der Waals surface area contributed by atoms with Crippen molar-refractivity contribution in [1.82, 2.24) is 28.9 Å². The molecule has 0 spiro atoms. The van der Waals surface area contributed by atoms with Crippen molar-refractivity contribution in [2.24, 2.45) is 7.05 Å². The van der Waals surface area contributed by atoms with Crippen LogP contribution in [-0.2, 0) is 13.6 Å². The van der Waals surface area contributed by atoms with E-state index in [9.17, 15) is 14.4 Å². The minimum atomic E-state index is -0.677. The Morgan fingerprint density at radius 3 is 2.74 bits per heavy atom. The van der Waals surface area contributed by atoms with Gasteiger partial charge in [0.05, 0.1) is 5.75 Å². The number of rotatable bonds is 8. The second-order valence-electron chi connectivity index (χ2n) is 8.43. The van der Waals surface area contributed by atoms with Crippen molar-refractivity contribution in [2.75, 3.05) is 11.5 Å². The van der Waals surface area contributed by atoms with E-state index >= 15 is 0 Å². The Balaban J connectivity index is 1.47. The molecule has 0 unspecified atom stereocenters. The molecule has 3 aromatic heterocycles. The Morgan fingerprint density at radius 1 is 1.24 bits per heavy atom. The molecule has 176 valence electrons. The van der Waals surface area contributed by atoms with Gasteiger partial charge in [-0.25, -0.2) is 4.79 Å². The molecule has 1 aliphatic carbocycles. The highest BCUT2D eigenvalue weighted by Crippen LogP contribution is 2.42. The fourth-order valence-corrected chi connectivity index (χ4v) is 5.04. The number of para-hydroxylation sites is 1. The topological polar surface area (TPSA) is 134 Å². The molecule has 0 aliphatic heterocycles. The number of thioether (sulfide) groups is 1. The summed E-state index contributed by atoms with van der Waals surface area (Å²) in [5.41, 5.74) is 6.72. The molecule has 34 heavy (non-hydrogen) atoms. The fourth-order valence-electron chi connectivity index (χ4n) is 4.16. The number of aromatic nitrogens is 6. The van der Waals surface area contributed by atoms with Crippen LogP contribution in [0.2, 0.25) is 0 Å². The third-order valence-corrected chi connectivity index (χ3v) is 6.99. The second kappa shape index (κ2) is 8.64. The molecule has 1 fully saturated rings. The van der Waals surface area contributed by atoms with Gasteiger partial charge in [-0.3, -0.25) is 23.3 Å². The van der Waals surface area contributed by atoms with Gasteiger partial charge in [-0.15, -0.1) is 10.2 Å². The zero-order chi connectivity index (χ0) is 24.0. The molecule has 0 saturated heterocycles.